The summed E-state index contributed by atoms with van der Waals surface area (Å²) < 4.78 is 23.0. The molecule has 1 aliphatic rings. The molecule has 3 N–H and O–H groups in total. The number of sulfone groups is 1. The predicted octanol–water partition coefficient (Wildman–Crippen LogP) is 2.59. The van der Waals surface area contributed by atoms with Gasteiger partial charge in [0.15, 0.2) is 15.8 Å². The lowest BCUT2D eigenvalue weighted by Gasteiger charge is -2.23. The van der Waals surface area contributed by atoms with Gasteiger partial charge in [-0.1, -0.05) is 43.5 Å². The van der Waals surface area contributed by atoms with E-state index in [1.807, 2.05) is 24.3 Å². The van der Waals surface area contributed by atoms with E-state index in [0.717, 1.165) is 24.0 Å². The number of hydrogen-bond donors (Lipinski definition) is 2. The maximum atomic E-state index is 11.5. The Kier molecular flexibility index (Phi) is 8.32. The van der Waals surface area contributed by atoms with Gasteiger partial charge in [0.2, 0.25) is 0 Å². The van der Waals surface area contributed by atoms with Gasteiger partial charge in [0.1, 0.15) is 0 Å². The van der Waals surface area contributed by atoms with Crippen LogP contribution in [0.1, 0.15) is 43.2 Å². The highest BCUT2D eigenvalue weighted by Gasteiger charge is 2.13. The molecule has 7 heteroatoms. The zero-order valence-corrected chi connectivity index (χ0v) is 16.6. The number of nitrogens with one attached hydrogen (secondary N) is 1. The van der Waals surface area contributed by atoms with Gasteiger partial charge in [-0.05, 0) is 24.0 Å². The summed E-state index contributed by atoms with van der Waals surface area (Å²) in [5.41, 5.74) is 7.65. The fraction of sp³-hybridized carbons (Fsp3) is 0.562. The average molecular weight is 451 g/mol. The lowest BCUT2D eigenvalue weighted by molar-refractivity contribution is 0.412. The number of nitrogens with two attached hydrogens (primary N) is 1. The van der Waals surface area contributed by atoms with Crippen molar-refractivity contribution in [3.63, 3.8) is 0 Å². The molecule has 1 aliphatic carbocycles. The largest absolute Gasteiger partial charge is 0.370 e. The van der Waals surface area contributed by atoms with E-state index in [2.05, 4.69) is 10.3 Å². The molecule has 0 unspecified atom stereocenters. The Labute approximate surface area is 156 Å². The first-order valence-corrected chi connectivity index (χ1v) is 9.81. The van der Waals surface area contributed by atoms with Crippen LogP contribution in [-0.2, 0) is 22.1 Å². The summed E-state index contributed by atoms with van der Waals surface area (Å²) >= 11 is 0. The first-order valence-electron chi connectivity index (χ1n) is 7.75. The van der Waals surface area contributed by atoms with Crippen molar-refractivity contribution in [3.05, 3.63) is 35.4 Å². The summed E-state index contributed by atoms with van der Waals surface area (Å²) in [6.45, 7) is 0.400. The van der Waals surface area contributed by atoms with Crippen molar-refractivity contribution >= 4 is 39.8 Å². The highest BCUT2D eigenvalue weighted by atomic mass is 127. The summed E-state index contributed by atoms with van der Waals surface area (Å²) in [5.74, 6) is 0.482. The summed E-state index contributed by atoms with van der Waals surface area (Å²) in [6, 6.07) is 7.89. The van der Waals surface area contributed by atoms with Crippen molar-refractivity contribution in [3.8, 4) is 0 Å². The number of rotatable bonds is 5. The van der Waals surface area contributed by atoms with Gasteiger partial charge in [-0.3, -0.25) is 0 Å². The normalized spacial score (nSPS) is 16.7. The van der Waals surface area contributed by atoms with Crippen LogP contribution in [-0.4, -0.2) is 26.7 Å². The fourth-order valence-corrected chi connectivity index (χ4v) is 3.65. The van der Waals surface area contributed by atoms with Gasteiger partial charge in [0.05, 0.1) is 12.3 Å². The van der Waals surface area contributed by atoms with E-state index >= 15 is 0 Å². The van der Waals surface area contributed by atoms with Gasteiger partial charge in [-0.15, -0.1) is 24.0 Å². The van der Waals surface area contributed by atoms with Crippen LogP contribution in [0.5, 0.6) is 0 Å². The van der Waals surface area contributed by atoms with Crippen molar-refractivity contribution in [2.45, 2.75) is 50.4 Å². The Balaban J connectivity index is 0.00000264. The Bertz CT molecular complexity index is 626. The van der Waals surface area contributed by atoms with Gasteiger partial charge in [0.25, 0.3) is 0 Å². The topological polar surface area (TPSA) is 84.5 Å². The van der Waals surface area contributed by atoms with Crippen LogP contribution < -0.4 is 11.1 Å². The van der Waals surface area contributed by atoms with Crippen LogP contribution in [0.15, 0.2) is 29.3 Å². The second-order valence-corrected chi connectivity index (χ2v) is 8.16. The van der Waals surface area contributed by atoms with Crippen molar-refractivity contribution < 1.29 is 8.42 Å². The number of hydrogen-bond acceptors (Lipinski definition) is 3. The second-order valence-electron chi connectivity index (χ2n) is 6.02. The molecule has 0 spiro atoms. The number of nitrogens with zero attached hydrogens (tertiary/aromatic N) is 1. The molecule has 0 aromatic heterocycles. The van der Waals surface area contributed by atoms with E-state index in [-0.39, 0.29) is 29.7 Å². The minimum atomic E-state index is -3.06. The van der Waals surface area contributed by atoms with Gasteiger partial charge in [-0.2, -0.15) is 0 Å². The molecule has 0 heterocycles. The van der Waals surface area contributed by atoms with Gasteiger partial charge in [-0.25, -0.2) is 13.4 Å². The number of benzene rings is 1. The van der Waals surface area contributed by atoms with E-state index in [4.69, 9.17) is 5.73 Å². The van der Waals surface area contributed by atoms with Crippen LogP contribution in [0.3, 0.4) is 0 Å². The standard InChI is InChI=1S/C16H25N3O2S.HI/c1-22(20,21)12-14-8-6-5-7-13(14)11-18-16(17)19-15-9-3-2-4-10-15;/h5-8,15H,2-4,9-12H2,1H3,(H3,17,18,19);1H. The van der Waals surface area contributed by atoms with Crippen LogP contribution in [0.2, 0.25) is 0 Å². The van der Waals surface area contributed by atoms with Crippen molar-refractivity contribution in [1.82, 2.24) is 5.32 Å². The smallest absolute Gasteiger partial charge is 0.189 e. The molecule has 0 saturated heterocycles. The van der Waals surface area contributed by atoms with Crippen molar-refractivity contribution in [2.24, 2.45) is 10.7 Å². The van der Waals surface area contributed by atoms with E-state index in [9.17, 15) is 8.42 Å². The zero-order chi connectivity index (χ0) is 16.0. The van der Waals surface area contributed by atoms with E-state index < -0.39 is 9.84 Å². The molecule has 1 saturated carbocycles. The highest BCUT2D eigenvalue weighted by molar-refractivity contribution is 14.0. The molecule has 5 nitrogen and oxygen atoms in total. The van der Waals surface area contributed by atoms with Gasteiger partial charge < -0.3 is 11.1 Å². The first-order chi connectivity index (χ1) is 10.4. The molecule has 2 rings (SSSR count). The molecule has 1 aromatic carbocycles. The van der Waals surface area contributed by atoms with Crippen molar-refractivity contribution in [1.29, 1.82) is 0 Å². The van der Waals surface area contributed by atoms with Crippen LogP contribution >= 0.6 is 24.0 Å². The molecule has 0 radical (unpaired) electrons. The quantitative estimate of drug-likeness (QED) is 0.410. The minimum Gasteiger partial charge on any atom is -0.370 e. The number of halogens is 1. The molecule has 1 aromatic rings. The zero-order valence-electron chi connectivity index (χ0n) is 13.5. The Morgan fingerprint density at radius 3 is 2.43 bits per heavy atom. The number of aliphatic imine (C=N–C) groups is 1. The van der Waals surface area contributed by atoms with Gasteiger partial charge in [0, 0.05) is 12.3 Å². The van der Waals surface area contributed by atoms with E-state index in [1.54, 1.807) is 0 Å². The molecular weight excluding hydrogens is 425 g/mol. The maximum absolute atomic E-state index is 11.5. The molecule has 0 atom stereocenters. The fourth-order valence-electron chi connectivity index (χ4n) is 2.81. The highest BCUT2D eigenvalue weighted by Crippen LogP contribution is 2.17. The molecule has 0 aliphatic heterocycles. The third-order valence-electron chi connectivity index (χ3n) is 3.91. The summed E-state index contributed by atoms with van der Waals surface area (Å²) in [6.07, 6.45) is 7.30. The summed E-state index contributed by atoms with van der Waals surface area (Å²) in [5, 5.41) is 3.27. The third-order valence-corrected chi connectivity index (χ3v) is 4.75. The van der Waals surface area contributed by atoms with Crippen LogP contribution in [0.4, 0.5) is 0 Å². The minimum absolute atomic E-state index is 0. The molecule has 0 bridgehead atoms. The molecular formula is C16H26IN3O2S. The summed E-state index contributed by atoms with van der Waals surface area (Å²) in [7, 11) is -3.06. The molecule has 130 valence electrons. The van der Waals surface area contributed by atoms with E-state index in [1.165, 1.54) is 25.5 Å². The Morgan fingerprint density at radius 2 is 1.83 bits per heavy atom. The predicted molar refractivity (Wildman–Crippen MR) is 106 cm³/mol. The Morgan fingerprint density at radius 1 is 1.22 bits per heavy atom. The molecule has 1 fully saturated rings. The Hall–Kier alpha value is -0.830. The number of guanidine groups is 1. The molecule has 0 amide bonds. The van der Waals surface area contributed by atoms with Crippen LogP contribution in [0.25, 0.3) is 0 Å². The molecule has 23 heavy (non-hydrogen) atoms. The summed E-state index contributed by atoms with van der Waals surface area (Å²) in [4.78, 5) is 4.37. The first kappa shape index (κ1) is 20.2. The van der Waals surface area contributed by atoms with Crippen LogP contribution in [0, 0.1) is 0 Å². The van der Waals surface area contributed by atoms with Gasteiger partial charge >= 0.3 is 0 Å². The maximum Gasteiger partial charge on any atom is 0.189 e. The van der Waals surface area contributed by atoms with E-state index in [0.29, 0.717) is 18.5 Å². The lowest BCUT2D eigenvalue weighted by Crippen LogP contribution is -2.41. The van der Waals surface area contributed by atoms with Crippen molar-refractivity contribution in [2.75, 3.05) is 6.26 Å². The second kappa shape index (κ2) is 9.46. The lowest BCUT2D eigenvalue weighted by atomic mass is 9.96. The monoisotopic (exact) mass is 451 g/mol. The average Bonchev–Trinajstić information content (AvgIpc) is 2.46. The SMILES string of the molecule is CS(=O)(=O)Cc1ccccc1CN=C(N)NC1CCCCC1.I. The third kappa shape index (κ3) is 7.52.